The number of carboxylic acid groups (broad SMARTS) is 1. The molecule has 1 heterocycles. The Kier molecular flexibility index (Phi) is 3.74. The van der Waals surface area contributed by atoms with E-state index in [0.717, 1.165) is 5.56 Å². The molecule has 0 bridgehead atoms. The molecular formula is C14H16N2O4. The van der Waals surface area contributed by atoms with Gasteiger partial charge in [0.05, 0.1) is 5.56 Å². The van der Waals surface area contributed by atoms with Crippen molar-refractivity contribution in [2.24, 2.45) is 0 Å². The average molecular weight is 276 g/mol. The largest absolute Gasteiger partial charge is 0.478 e. The summed E-state index contributed by atoms with van der Waals surface area (Å²) in [5.74, 6) is -1.47. The van der Waals surface area contributed by atoms with E-state index in [2.05, 4.69) is 10.6 Å². The van der Waals surface area contributed by atoms with Crippen molar-refractivity contribution in [3.63, 3.8) is 0 Å². The van der Waals surface area contributed by atoms with E-state index in [-0.39, 0.29) is 5.56 Å². The lowest BCUT2D eigenvalue weighted by atomic mass is 9.88. The summed E-state index contributed by atoms with van der Waals surface area (Å²) in [6.45, 7) is 3.76. The number of hydrogen-bond acceptors (Lipinski definition) is 3. The van der Waals surface area contributed by atoms with Crippen LogP contribution in [0.1, 0.15) is 46.9 Å². The van der Waals surface area contributed by atoms with E-state index >= 15 is 0 Å². The van der Waals surface area contributed by atoms with Gasteiger partial charge < -0.3 is 10.4 Å². The number of amides is 3. The molecule has 1 aliphatic rings. The first-order valence-electron chi connectivity index (χ1n) is 6.48. The molecule has 6 heteroatoms. The molecule has 3 amide bonds. The molecule has 1 atom stereocenters. The Hall–Kier alpha value is -2.37. The van der Waals surface area contributed by atoms with Crippen molar-refractivity contribution in [3.8, 4) is 0 Å². The van der Waals surface area contributed by atoms with E-state index in [9.17, 15) is 19.5 Å². The van der Waals surface area contributed by atoms with Gasteiger partial charge in [-0.25, -0.2) is 9.59 Å². The Balaban J connectivity index is 2.65. The highest BCUT2D eigenvalue weighted by Gasteiger charge is 2.34. The van der Waals surface area contributed by atoms with E-state index in [1.165, 1.54) is 0 Å². The maximum absolute atomic E-state index is 11.9. The predicted octanol–water partition coefficient (Wildman–Crippen LogP) is 1.39. The number of imide groups is 1. The van der Waals surface area contributed by atoms with Crippen LogP contribution in [0.2, 0.25) is 0 Å². The van der Waals surface area contributed by atoms with Gasteiger partial charge in [-0.2, -0.15) is 0 Å². The van der Waals surface area contributed by atoms with Crippen LogP contribution in [0.4, 0.5) is 4.79 Å². The molecule has 3 N–H and O–H groups in total. The SMILES string of the molecule is CCc1ccc(C(=O)O)c(CC)c1C1NC(=O)NC1=O. The third-order valence-electron chi connectivity index (χ3n) is 3.48. The topological polar surface area (TPSA) is 95.5 Å². The molecule has 1 aromatic carbocycles. The maximum Gasteiger partial charge on any atom is 0.335 e. The fourth-order valence-electron chi connectivity index (χ4n) is 2.58. The molecule has 6 nitrogen and oxygen atoms in total. The van der Waals surface area contributed by atoms with Gasteiger partial charge in [0, 0.05) is 0 Å². The number of rotatable bonds is 4. The highest BCUT2D eigenvalue weighted by Crippen LogP contribution is 2.29. The van der Waals surface area contributed by atoms with E-state index in [1.54, 1.807) is 12.1 Å². The quantitative estimate of drug-likeness (QED) is 0.724. The van der Waals surface area contributed by atoms with Crippen LogP contribution in [0.25, 0.3) is 0 Å². The highest BCUT2D eigenvalue weighted by molar-refractivity contribution is 6.05. The van der Waals surface area contributed by atoms with Gasteiger partial charge in [0.25, 0.3) is 5.91 Å². The highest BCUT2D eigenvalue weighted by atomic mass is 16.4. The van der Waals surface area contributed by atoms with Crippen molar-refractivity contribution in [1.29, 1.82) is 0 Å². The van der Waals surface area contributed by atoms with E-state index in [0.29, 0.717) is 24.0 Å². The number of nitrogens with one attached hydrogen (secondary N) is 2. The van der Waals surface area contributed by atoms with Crippen molar-refractivity contribution in [1.82, 2.24) is 10.6 Å². The van der Waals surface area contributed by atoms with Crippen molar-refractivity contribution in [2.45, 2.75) is 32.7 Å². The summed E-state index contributed by atoms with van der Waals surface area (Å²) >= 11 is 0. The molecule has 0 saturated carbocycles. The van der Waals surface area contributed by atoms with Crippen molar-refractivity contribution in [2.75, 3.05) is 0 Å². The zero-order chi connectivity index (χ0) is 14.9. The lowest BCUT2D eigenvalue weighted by Crippen LogP contribution is -2.24. The molecule has 0 radical (unpaired) electrons. The first-order valence-corrected chi connectivity index (χ1v) is 6.48. The van der Waals surface area contributed by atoms with Gasteiger partial charge in [-0.15, -0.1) is 0 Å². The number of carbonyl (C=O) groups is 3. The molecule has 2 rings (SSSR count). The van der Waals surface area contributed by atoms with Gasteiger partial charge >= 0.3 is 12.0 Å². The van der Waals surface area contributed by atoms with Crippen LogP contribution in [0, 0.1) is 0 Å². The first kappa shape index (κ1) is 14.0. The minimum absolute atomic E-state index is 0.175. The van der Waals surface area contributed by atoms with Crippen LogP contribution in [0.5, 0.6) is 0 Å². The molecule has 1 fully saturated rings. The van der Waals surface area contributed by atoms with Crippen LogP contribution in [-0.4, -0.2) is 23.0 Å². The molecule has 0 spiro atoms. The van der Waals surface area contributed by atoms with Crippen LogP contribution in [0.3, 0.4) is 0 Å². The van der Waals surface area contributed by atoms with Gasteiger partial charge in [0.1, 0.15) is 6.04 Å². The summed E-state index contributed by atoms with van der Waals surface area (Å²) in [5.41, 5.74) is 2.25. The summed E-state index contributed by atoms with van der Waals surface area (Å²) in [6.07, 6.45) is 1.13. The van der Waals surface area contributed by atoms with Crippen LogP contribution >= 0.6 is 0 Å². The number of aromatic carboxylic acids is 1. The third-order valence-corrected chi connectivity index (χ3v) is 3.48. The molecule has 106 valence electrons. The summed E-state index contributed by atoms with van der Waals surface area (Å²) in [5, 5.41) is 14.0. The van der Waals surface area contributed by atoms with Crippen LogP contribution < -0.4 is 10.6 Å². The average Bonchev–Trinajstić information content (AvgIpc) is 2.75. The van der Waals surface area contributed by atoms with Crippen molar-refractivity contribution < 1.29 is 19.5 Å². The van der Waals surface area contributed by atoms with Gasteiger partial charge in [-0.1, -0.05) is 19.9 Å². The Morgan fingerprint density at radius 2 is 1.95 bits per heavy atom. The minimum Gasteiger partial charge on any atom is -0.478 e. The zero-order valence-electron chi connectivity index (χ0n) is 11.3. The lowest BCUT2D eigenvalue weighted by Gasteiger charge is -2.19. The Morgan fingerprint density at radius 1 is 1.25 bits per heavy atom. The van der Waals surface area contributed by atoms with Crippen LogP contribution in [0.15, 0.2) is 12.1 Å². The summed E-state index contributed by atoms with van der Waals surface area (Å²) < 4.78 is 0. The third kappa shape index (κ3) is 2.24. The second kappa shape index (κ2) is 5.32. The Labute approximate surface area is 116 Å². The summed E-state index contributed by atoms with van der Waals surface area (Å²) in [6, 6.07) is 1.89. The van der Waals surface area contributed by atoms with E-state index in [1.807, 2.05) is 13.8 Å². The molecular weight excluding hydrogens is 260 g/mol. The fourth-order valence-corrected chi connectivity index (χ4v) is 2.58. The van der Waals surface area contributed by atoms with Gasteiger partial charge in [0.15, 0.2) is 0 Å². The molecule has 0 aromatic heterocycles. The van der Waals surface area contributed by atoms with Crippen molar-refractivity contribution in [3.05, 3.63) is 34.4 Å². The number of carboxylic acids is 1. The van der Waals surface area contributed by atoms with Crippen LogP contribution in [-0.2, 0) is 17.6 Å². The molecule has 20 heavy (non-hydrogen) atoms. The second-order valence-electron chi connectivity index (χ2n) is 4.57. The normalized spacial score (nSPS) is 17.8. The zero-order valence-corrected chi connectivity index (χ0v) is 11.3. The first-order chi connectivity index (χ1) is 9.49. The Bertz CT molecular complexity index is 595. The van der Waals surface area contributed by atoms with E-state index in [4.69, 9.17) is 0 Å². The summed E-state index contributed by atoms with van der Waals surface area (Å²) in [7, 11) is 0. The molecule has 1 saturated heterocycles. The smallest absolute Gasteiger partial charge is 0.335 e. The second-order valence-corrected chi connectivity index (χ2v) is 4.57. The van der Waals surface area contributed by atoms with Gasteiger partial charge in [0.2, 0.25) is 0 Å². The summed E-state index contributed by atoms with van der Waals surface area (Å²) in [4.78, 5) is 34.5. The van der Waals surface area contributed by atoms with Gasteiger partial charge in [-0.3, -0.25) is 10.1 Å². The number of hydrogen-bond donors (Lipinski definition) is 3. The molecule has 1 aliphatic heterocycles. The Morgan fingerprint density at radius 3 is 2.40 bits per heavy atom. The number of benzene rings is 1. The number of carbonyl (C=O) groups excluding carboxylic acids is 2. The predicted molar refractivity (Wildman–Crippen MR) is 71.6 cm³/mol. The molecule has 0 aliphatic carbocycles. The van der Waals surface area contributed by atoms with E-state index < -0.39 is 23.9 Å². The molecule has 1 aromatic rings. The van der Waals surface area contributed by atoms with Gasteiger partial charge in [-0.05, 0) is 35.6 Å². The standard InChI is InChI=1S/C14H16N2O4/c1-3-7-5-6-9(13(18)19)8(4-2)10(7)11-12(17)16-14(20)15-11/h5-6,11H,3-4H2,1-2H3,(H,18,19)(H2,15,16,17,20). The maximum atomic E-state index is 11.9. The molecule has 1 unspecified atom stereocenters. The minimum atomic E-state index is -1.03. The number of urea groups is 1. The fraction of sp³-hybridized carbons (Fsp3) is 0.357. The van der Waals surface area contributed by atoms with Crippen molar-refractivity contribution >= 4 is 17.9 Å². The monoisotopic (exact) mass is 276 g/mol. The number of aryl methyl sites for hydroxylation is 1. The lowest BCUT2D eigenvalue weighted by molar-refractivity contribution is -0.120.